The van der Waals surface area contributed by atoms with Gasteiger partial charge in [0, 0.05) is 11.4 Å². The van der Waals surface area contributed by atoms with Crippen LogP contribution in [0.25, 0.3) is 0 Å². The number of halogens is 3. The summed E-state index contributed by atoms with van der Waals surface area (Å²) in [5.74, 6) is -1.63. The molecule has 3 amide bonds. The van der Waals surface area contributed by atoms with Crippen LogP contribution in [0.1, 0.15) is 11.1 Å². The minimum Gasteiger partial charge on any atom is -0.497 e. The van der Waals surface area contributed by atoms with Gasteiger partial charge in [-0.1, -0.05) is 6.07 Å². The Balaban J connectivity index is 1.52. The molecule has 0 aliphatic heterocycles. The molecular formula is C26H23F3N4O6. The van der Waals surface area contributed by atoms with Crippen molar-refractivity contribution >= 4 is 35.3 Å². The predicted octanol–water partition coefficient (Wildman–Crippen LogP) is 3.83. The number of hydrogen-bond donors (Lipinski definition) is 3. The minimum atomic E-state index is -4.54. The van der Waals surface area contributed by atoms with Gasteiger partial charge in [-0.2, -0.15) is 18.3 Å². The first kappa shape index (κ1) is 28.5. The molecule has 0 aromatic heterocycles. The smallest absolute Gasteiger partial charge is 0.416 e. The highest BCUT2D eigenvalue weighted by atomic mass is 19.4. The number of nitrogens with one attached hydrogen (secondary N) is 3. The van der Waals surface area contributed by atoms with Crippen LogP contribution in [0, 0.1) is 0 Å². The zero-order valence-corrected chi connectivity index (χ0v) is 20.7. The molecule has 3 aromatic rings. The van der Waals surface area contributed by atoms with E-state index >= 15 is 0 Å². The fourth-order valence-electron chi connectivity index (χ4n) is 3.08. The first-order valence-corrected chi connectivity index (χ1v) is 11.2. The van der Waals surface area contributed by atoms with E-state index in [-0.39, 0.29) is 17.2 Å². The molecule has 0 unspecified atom stereocenters. The molecule has 39 heavy (non-hydrogen) atoms. The number of carbonyl (C=O) groups is 3. The maximum absolute atomic E-state index is 12.8. The molecule has 3 N–H and O–H groups in total. The highest BCUT2D eigenvalue weighted by molar-refractivity contribution is 6.39. The molecule has 204 valence electrons. The van der Waals surface area contributed by atoms with Crippen LogP contribution in [0.4, 0.5) is 24.5 Å². The van der Waals surface area contributed by atoms with Gasteiger partial charge in [-0.3, -0.25) is 14.4 Å². The minimum absolute atomic E-state index is 0.0309. The molecule has 0 heterocycles. The molecule has 0 saturated heterocycles. The molecule has 0 bridgehead atoms. The van der Waals surface area contributed by atoms with Crippen molar-refractivity contribution in [2.75, 3.05) is 31.5 Å². The Bertz CT molecular complexity index is 1360. The maximum atomic E-state index is 12.8. The molecule has 0 aliphatic rings. The van der Waals surface area contributed by atoms with E-state index in [1.165, 1.54) is 50.8 Å². The van der Waals surface area contributed by atoms with Gasteiger partial charge in [0.1, 0.15) is 5.75 Å². The molecule has 0 atom stereocenters. The first-order valence-electron chi connectivity index (χ1n) is 11.2. The van der Waals surface area contributed by atoms with Crippen molar-refractivity contribution < 1.29 is 41.8 Å². The predicted molar refractivity (Wildman–Crippen MR) is 136 cm³/mol. The Morgan fingerprint density at radius 2 is 1.59 bits per heavy atom. The summed E-state index contributed by atoms with van der Waals surface area (Å²) in [6.07, 6.45) is -3.28. The lowest BCUT2D eigenvalue weighted by atomic mass is 10.2. The number of rotatable bonds is 9. The fourth-order valence-corrected chi connectivity index (χ4v) is 3.08. The third-order valence-electron chi connectivity index (χ3n) is 4.95. The Labute approximate surface area is 220 Å². The van der Waals surface area contributed by atoms with Crippen LogP contribution in [0.2, 0.25) is 0 Å². The molecule has 0 fully saturated rings. The second kappa shape index (κ2) is 12.9. The lowest BCUT2D eigenvalue weighted by Crippen LogP contribution is -2.32. The molecule has 0 spiro atoms. The van der Waals surface area contributed by atoms with Crippen LogP contribution < -0.4 is 30.3 Å². The molecule has 3 rings (SSSR count). The third-order valence-corrected chi connectivity index (χ3v) is 4.95. The van der Waals surface area contributed by atoms with Crippen molar-refractivity contribution in [3.05, 3.63) is 77.9 Å². The standard InChI is InChI=1S/C26H23F3N4O6/c1-37-20-9-7-18(8-10-20)32-24(35)25(36)33-30-14-16-6-11-21(22(12-16)38-2)39-15-23(34)31-19-5-3-4-17(13-19)26(27,28)29/h3-14H,15H2,1-2H3,(H,31,34)(H,32,35)(H,33,36)/b30-14-. The lowest BCUT2D eigenvalue weighted by molar-refractivity contribution is -0.137. The van der Waals surface area contributed by atoms with E-state index in [4.69, 9.17) is 14.2 Å². The second-order valence-corrected chi connectivity index (χ2v) is 7.71. The summed E-state index contributed by atoms with van der Waals surface area (Å²) >= 11 is 0. The van der Waals surface area contributed by atoms with Crippen molar-refractivity contribution in [2.24, 2.45) is 5.10 Å². The van der Waals surface area contributed by atoms with Gasteiger partial charge in [-0.05, 0) is 66.2 Å². The molecule has 0 saturated carbocycles. The Hall–Kier alpha value is -5.07. The fraction of sp³-hybridized carbons (Fsp3) is 0.154. The van der Waals surface area contributed by atoms with E-state index in [1.54, 1.807) is 24.3 Å². The number of amides is 3. The summed E-state index contributed by atoms with van der Waals surface area (Å²) in [7, 11) is 2.86. The molecule has 0 aliphatic carbocycles. The first-order chi connectivity index (χ1) is 18.6. The Morgan fingerprint density at radius 1 is 0.846 bits per heavy atom. The number of anilines is 2. The number of carbonyl (C=O) groups excluding carboxylic acids is 3. The van der Waals surface area contributed by atoms with Gasteiger partial charge in [0.2, 0.25) is 0 Å². The van der Waals surface area contributed by atoms with Crippen LogP contribution in [0.5, 0.6) is 17.2 Å². The van der Waals surface area contributed by atoms with Crippen LogP contribution in [0.15, 0.2) is 71.8 Å². The van der Waals surface area contributed by atoms with E-state index in [0.29, 0.717) is 17.0 Å². The average Bonchev–Trinajstić information content (AvgIpc) is 2.92. The quantitative estimate of drug-likeness (QED) is 0.214. The molecule has 13 heteroatoms. The zero-order chi connectivity index (χ0) is 28.4. The van der Waals surface area contributed by atoms with Crippen molar-refractivity contribution in [1.29, 1.82) is 0 Å². The van der Waals surface area contributed by atoms with Gasteiger partial charge < -0.3 is 24.8 Å². The van der Waals surface area contributed by atoms with Gasteiger partial charge in [-0.15, -0.1) is 0 Å². The number of ether oxygens (including phenoxy) is 3. The summed E-state index contributed by atoms with van der Waals surface area (Å²) in [6.45, 7) is -0.501. The van der Waals surface area contributed by atoms with Gasteiger partial charge in [0.05, 0.1) is 26.0 Å². The molecule has 10 nitrogen and oxygen atoms in total. The zero-order valence-electron chi connectivity index (χ0n) is 20.7. The van der Waals surface area contributed by atoms with Crippen LogP contribution in [0.3, 0.4) is 0 Å². The topological polar surface area (TPSA) is 127 Å². The highest BCUT2D eigenvalue weighted by Gasteiger charge is 2.30. The lowest BCUT2D eigenvalue weighted by Gasteiger charge is -2.12. The van der Waals surface area contributed by atoms with Crippen molar-refractivity contribution in [3.63, 3.8) is 0 Å². The van der Waals surface area contributed by atoms with Gasteiger partial charge in [0.15, 0.2) is 18.1 Å². The van der Waals surface area contributed by atoms with E-state index in [2.05, 4.69) is 21.2 Å². The van der Waals surface area contributed by atoms with E-state index in [9.17, 15) is 27.6 Å². The van der Waals surface area contributed by atoms with Crippen LogP contribution in [-0.4, -0.2) is 44.8 Å². The Morgan fingerprint density at radius 3 is 2.26 bits per heavy atom. The number of alkyl halides is 3. The maximum Gasteiger partial charge on any atom is 0.416 e. The molecule has 3 aromatic carbocycles. The number of benzene rings is 3. The number of hydrogen-bond acceptors (Lipinski definition) is 7. The number of methoxy groups -OCH3 is 2. The van der Waals surface area contributed by atoms with Crippen molar-refractivity contribution in [2.45, 2.75) is 6.18 Å². The summed E-state index contributed by atoms with van der Waals surface area (Å²) in [6, 6.07) is 15.1. The third kappa shape index (κ3) is 8.49. The highest BCUT2D eigenvalue weighted by Crippen LogP contribution is 2.31. The van der Waals surface area contributed by atoms with E-state index < -0.39 is 36.1 Å². The summed E-state index contributed by atoms with van der Waals surface area (Å²) in [5.41, 5.74) is 2.03. The van der Waals surface area contributed by atoms with Gasteiger partial charge in [-0.25, -0.2) is 5.43 Å². The summed E-state index contributed by atoms with van der Waals surface area (Å²) < 4.78 is 54.2. The van der Waals surface area contributed by atoms with Gasteiger partial charge in [0.25, 0.3) is 5.91 Å². The summed E-state index contributed by atoms with van der Waals surface area (Å²) in [5, 5.41) is 8.49. The van der Waals surface area contributed by atoms with Crippen molar-refractivity contribution in [3.8, 4) is 17.2 Å². The van der Waals surface area contributed by atoms with Crippen LogP contribution >= 0.6 is 0 Å². The van der Waals surface area contributed by atoms with E-state index in [1.807, 2.05) is 0 Å². The number of hydrazone groups is 1. The van der Waals surface area contributed by atoms with Crippen LogP contribution in [-0.2, 0) is 20.6 Å². The van der Waals surface area contributed by atoms with Crippen molar-refractivity contribution in [1.82, 2.24) is 5.43 Å². The van der Waals surface area contributed by atoms with E-state index in [0.717, 1.165) is 12.1 Å². The number of nitrogens with zero attached hydrogens (tertiary/aromatic N) is 1. The average molecular weight is 544 g/mol. The largest absolute Gasteiger partial charge is 0.497 e. The normalized spacial score (nSPS) is 11.0. The molecule has 0 radical (unpaired) electrons. The Kier molecular flexibility index (Phi) is 9.46. The second-order valence-electron chi connectivity index (χ2n) is 7.71. The SMILES string of the molecule is COc1ccc(NC(=O)C(=O)N/N=C\c2ccc(OCC(=O)Nc3cccc(C(F)(F)F)c3)c(OC)c2)cc1. The summed E-state index contributed by atoms with van der Waals surface area (Å²) in [4.78, 5) is 36.2. The monoisotopic (exact) mass is 544 g/mol. The molecular weight excluding hydrogens is 521 g/mol. The van der Waals surface area contributed by atoms with Gasteiger partial charge >= 0.3 is 18.0 Å².